The fourth-order valence-electron chi connectivity index (χ4n) is 14.4. The van der Waals surface area contributed by atoms with Gasteiger partial charge in [0.15, 0.2) is 6.04 Å². The Morgan fingerprint density at radius 2 is 0.740 bits per heavy atom. The van der Waals surface area contributed by atoms with Crippen LogP contribution in [0.5, 0.6) is 0 Å². The standard InChI is InChI=1S/C89H151N25O31S/c1-39(2)31-55(77(132)96-45(11)72(127)113-69(48(14)120)89(144)145)105-78(133)56(32-40(3)4)104-74(129)52(23-26-64(123)124)100-79(134)57(33-49-34-94-38-95-49)106-86(141)67(46(12)118)112-76(131)53(27-30-146-15)102-73(128)50(19-16-17-28-90)99-82(137)60(37-117)108-85(140)66(42(7)8)110-71(126)44(10)97-80(135)58(35-115)109-87(142)68(47(13)119)111-75(130)51(21-24-62(91)121)101-81(136)59(36-116)107-83(138)61-20-18-29-114(61)88(143)54(22-25-63(92)122)103-70(125)43(9)98-84(139)65(93)41(5)6/h34,38-48,50-61,65-69,115-120H,16-33,35-37,90,93H2,1-15H3,(H2,91,121)(H2,92,122)(H,94,95)(H,96,132)(H,97,135)(H,98,139)(H,99,137)(H,100,134)(H,101,136)(H,102,128)(H,103,125)(H,104,129)(H,105,133)(H,106,141)(H,107,138)(H,108,140)(H,109,142)(H,110,126)(H,111,130)(H,112,131)(H,113,127)(H,123,124)(H,144,145)/t43-,44-,45-,46+,47+,48+,50-,51-,52-,53-,54-,55-,56-,57-,58-,59-,60-,61-,65-,66-,67-,68-,69-/m0/s1. The number of H-pyrrole nitrogens is 1. The third-order valence-corrected chi connectivity index (χ3v) is 23.6. The molecule has 0 spiro atoms. The molecule has 146 heavy (non-hydrogen) atoms. The number of aliphatic hydroxyl groups excluding tert-OH is 6. The zero-order valence-corrected chi connectivity index (χ0v) is 85.5. The molecule has 56 nitrogen and oxygen atoms in total. The van der Waals surface area contributed by atoms with Gasteiger partial charge in [-0.15, -0.1) is 0 Å². The lowest BCUT2D eigenvalue weighted by Crippen LogP contribution is -2.63. The van der Waals surface area contributed by atoms with Crippen LogP contribution in [0.3, 0.4) is 0 Å². The number of likely N-dealkylation sites (tertiary alicyclic amines) is 1. The van der Waals surface area contributed by atoms with Crippen LogP contribution in [0.15, 0.2) is 12.5 Å². The average Bonchev–Trinajstić information content (AvgIpc) is 1.67. The summed E-state index contributed by atoms with van der Waals surface area (Å²) in [4.78, 5) is 321. The van der Waals surface area contributed by atoms with Gasteiger partial charge in [-0.3, -0.25) is 105 Å². The number of thioether (sulfide) groups is 1. The molecule has 21 amide bonds. The quantitative estimate of drug-likeness (QED) is 0.0269. The lowest BCUT2D eigenvalue weighted by molar-refractivity contribution is -0.145. The number of imidazole rings is 1. The number of carbonyl (C=O) groups is 23. The van der Waals surface area contributed by atoms with Gasteiger partial charge in [-0.1, -0.05) is 55.4 Å². The molecule has 2 heterocycles. The van der Waals surface area contributed by atoms with E-state index >= 15 is 0 Å². The van der Waals surface area contributed by atoms with Crippen molar-refractivity contribution in [3.8, 4) is 0 Å². The predicted molar refractivity (Wildman–Crippen MR) is 519 cm³/mol. The van der Waals surface area contributed by atoms with Crippen molar-refractivity contribution in [1.82, 2.24) is 111 Å². The number of amides is 21. The van der Waals surface area contributed by atoms with Crippen LogP contribution in [0, 0.1) is 23.7 Å². The Hall–Kier alpha value is -12.9. The zero-order valence-electron chi connectivity index (χ0n) is 84.7. The number of aliphatic carboxylic acids is 2. The summed E-state index contributed by atoms with van der Waals surface area (Å²) in [5.41, 5.74) is 22.5. The minimum absolute atomic E-state index is 0.0312. The van der Waals surface area contributed by atoms with Crippen molar-refractivity contribution in [2.45, 2.75) is 332 Å². The topological polar surface area (TPSA) is 907 Å². The van der Waals surface area contributed by atoms with E-state index in [-0.39, 0.29) is 100 Å². The molecular formula is C89H151N25O31S. The first-order valence-corrected chi connectivity index (χ1v) is 49.3. The average molecular weight is 2100 g/mol. The second kappa shape index (κ2) is 64.8. The highest BCUT2D eigenvalue weighted by atomic mass is 32.2. The number of carbonyl (C=O) groups excluding carboxylic acids is 21. The van der Waals surface area contributed by atoms with E-state index < -0.39 is 339 Å². The van der Waals surface area contributed by atoms with E-state index in [0.29, 0.717) is 0 Å². The maximum atomic E-state index is 14.6. The number of nitrogens with zero attached hydrogens (tertiary/aromatic N) is 2. The summed E-state index contributed by atoms with van der Waals surface area (Å²) < 4.78 is 0. The number of hydrogen-bond acceptors (Lipinski definition) is 33. The number of nitrogens with one attached hydrogen (secondary N) is 19. The maximum absolute atomic E-state index is 14.6. The van der Waals surface area contributed by atoms with E-state index in [4.69, 9.17) is 22.9 Å². The summed E-state index contributed by atoms with van der Waals surface area (Å²) >= 11 is 1.20. The molecule has 1 fully saturated rings. The molecule has 0 saturated carbocycles. The second-order valence-corrected chi connectivity index (χ2v) is 38.1. The molecule has 1 saturated heterocycles. The summed E-state index contributed by atoms with van der Waals surface area (Å²) in [6, 6.07) is -32.9. The molecule has 0 bridgehead atoms. The van der Waals surface area contributed by atoms with Gasteiger partial charge in [0.1, 0.15) is 109 Å². The summed E-state index contributed by atoms with van der Waals surface area (Å²) in [5, 5.41) is 125. The Bertz CT molecular complexity index is 4590. The van der Waals surface area contributed by atoms with Crippen LogP contribution >= 0.6 is 11.8 Å². The van der Waals surface area contributed by atoms with Crippen molar-refractivity contribution < 1.29 is 151 Å². The molecule has 57 heteroatoms. The number of carboxylic acid groups (broad SMARTS) is 2. The number of nitrogens with two attached hydrogens (primary N) is 4. The van der Waals surface area contributed by atoms with Gasteiger partial charge in [-0.2, -0.15) is 11.8 Å². The second-order valence-electron chi connectivity index (χ2n) is 37.2. The summed E-state index contributed by atoms with van der Waals surface area (Å²) in [6.07, 6.45) is -4.96. The highest BCUT2D eigenvalue weighted by molar-refractivity contribution is 7.98. The van der Waals surface area contributed by atoms with Crippen LogP contribution in [0.1, 0.15) is 193 Å². The van der Waals surface area contributed by atoms with Crippen molar-refractivity contribution in [3.63, 3.8) is 0 Å². The van der Waals surface area contributed by atoms with E-state index in [1.54, 1.807) is 47.8 Å². The summed E-state index contributed by atoms with van der Waals surface area (Å²) in [7, 11) is 0. The Labute approximate surface area is 847 Å². The van der Waals surface area contributed by atoms with E-state index in [2.05, 4.69) is 106 Å². The normalized spacial score (nSPS) is 16.9. The van der Waals surface area contributed by atoms with Gasteiger partial charge >= 0.3 is 11.9 Å². The molecule has 35 N–H and O–H groups in total. The van der Waals surface area contributed by atoms with E-state index in [0.717, 1.165) is 32.6 Å². The van der Waals surface area contributed by atoms with Gasteiger partial charge in [-0.05, 0) is 154 Å². The number of unbranched alkanes of at least 4 members (excludes halogenated alkanes) is 1. The van der Waals surface area contributed by atoms with Gasteiger partial charge < -0.3 is 169 Å². The Morgan fingerprint density at radius 3 is 1.14 bits per heavy atom. The van der Waals surface area contributed by atoms with Crippen LogP contribution in [0.4, 0.5) is 0 Å². The van der Waals surface area contributed by atoms with Crippen LogP contribution in [0.25, 0.3) is 0 Å². The van der Waals surface area contributed by atoms with Gasteiger partial charge in [-0.25, -0.2) is 9.78 Å². The monoisotopic (exact) mass is 2100 g/mol. The Morgan fingerprint density at radius 1 is 0.397 bits per heavy atom. The molecule has 1 aromatic heterocycles. The largest absolute Gasteiger partial charge is 0.481 e. The Balaban J connectivity index is 2.38. The lowest BCUT2D eigenvalue weighted by atomic mass is 9.99. The highest BCUT2D eigenvalue weighted by Crippen LogP contribution is 2.22. The highest BCUT2D eigenvalue weighted by Gasteiger charge is 2.44. The third-order valence-electron chi connectivity index (χ3n) is 23.0. The van der Waals surface area contributed by atoms with Crippen LogP contribution in [-0.2, 0) is 117 Å². The molecule has 0 unspecified atom stereocenters. The SMILES string of the molecule is CSCC[C@H](NC(=O)[C@H](CCCCN)NC(=O)[C@H](CO)NC(=O)[C@@H](NC(=O)[C@H](C)NC(=O)[C@H](CO)NC(=O)[C@@H](NC(=O)[C@H](CCC(N)=O)NC(=O)[C@H](CO)NC(=O)[C@@H]1CCCN1C(=O)[C@H](CCC(N)=O)NC(=O)[C@H](C)NC(=O)[C@@H](N)C(C)C)[C@@H](C)O)C(C)C)C(=O)N[C@H](C(=O)N[C@@H](Cc1c[nH]cn1)C(=O)N[C@@H](CCC(=O)O)C(=O)N[C@@H](CC(C)C)C(=O)N[C@@H](CC(C)C)C(=O)N[C@@H](C)C(=O)N[C@H](C(=O)O)[C@@H](C)O)[C@@H](C)O. The minimum Gasteiger partial charge on any atom is -0.481 e. The van der Waals surface area contributed by atoms with Gasteiger partial charge in [0.2, 0.25) is 124 Å². The predicted octanol–water partition coefficient (Wildman–Crippen LogP) is -12.1. The molecular weight excluding hydrogens is 1950 g/mol. The number of rotatable bonds is 68. The van der Waals surface area contributed by atoms with Crippen molar-refractivity contribution in [2.75, 3.05) is 44.9 Å². The van der Waals surface area contributed by atoms with Crippen LogP contribution < -0.4 is 119 Å². The molecule has 1 aliphatic rings. The van der Waals surface area contributed by atoms with Crippen molar-refractivity contribution >= 4 is 148 Å². The van der Waals surface area contributed by atoms with Crippen LogP contribution in [0.2, 0.25) is 0 Å². The first kappa shape index (κ1) is 129. The zero-order chi connectivity index (χ0) is 111. The maximum Gasteiger partial charge on any atom is 0.328 e. The number of aromatic amines is 1. The van der Waals surface area contributed by atoms with E-state index in [9.17, 15) is 151 Å². The third kappa shape index (κ3) is 45.0. The minimum atomic E-state index is -2.07. The number of aromatic nitrogens is 2. The van der Waals surface area contributed by atoms with Crippen molar-refractivity contribution in [1.29, 1.82) is 0 Å². The lowest BCUT2D eigenvalue weighted by Gasteiger charge is -2.30. The van der Waals surface area contributed by atoms with Gasteiger partial charge in [0, 0.05) is 38.4 Å². The number of hydrogen-bond donors (Lipinski definition) is 31. The fourth-order valence-corrected chi connectivity index (χ4v) is 14.9. The number of carboxylic acids is 2. The molecule has 2 rings (SSSR count). The molecule has 0 aromatic carbocycles. The van der Waals surface area contributed by atoms with Crippen molar-refractivity contribution in [2.24, 2.45) is 46.6 Å². The molecule has 1 aromatic rings. The fraction of sp³-hybridized carbons (Fsp3) is 0.708. The molecule has 0 aliphatic carbocycles. The number of primary amides is 2. The van der Waals surface area contributed by atoms with E-state index in [1.807, 2.05) is 0 Å². The first-order chi connectivity index (χ1) is 68.3. The molecule has 23 atom stereocenters. The number of aliphatic hydroxyl groups is 6. The van der Waals surface area contributed by atoms with Gasteiger partial charge in [0.25, 0.3) is 0 Å². The van der Waals surface area contributed by atoms with Crippen molar-refractivity contribution in [3.05, 3.63) is 18.2 Å². The van der Waals surface area contributed by atoms with Crippen LogP contribution in [-0.4, -0.2) is 376 Å². The summed E-state index contributed by atoms with van der Waals surface area (Å²) in [6.45, 7) is 16.3. The molecule has 1 aliphatic heterocycles. The smallest absolute Gasteiger partial charge is 0.328 e. The molecule has 0 radical (unpaired) electrons. The Kier molecular flexibility index (Phi) is 57.3. The molecule has 824 valence electrons. The first-order valence-electron chi connectivity index (χ1n) is 47.9. The summed E-state index contributed by atoms with van der Waals surface area (Å²) in [5.74, 6) is -27.3. The van der Waals surface area contributed by atoms with E-state index in [1.165, 1.54) is 52.0 Å². The van der Waals surface area contributed by atoms with Gasteiger partial charge in [0.05, 0.1) is 56.2 Å².